The van der Waals surface area contributed by atoms with Gasteiger partial charge in [-0.3, -0.25) is 9.36 Å². The molecule has 2 aromatic rings. The highest BCUT2D eigenvalue weighted by molar-refractivity contribution is 5.81. The van der Waals surface area contributed by atoms with Gasteiger partial charge in [0.2, 0.25) is 5.91 Å². The molecule has 11 heteroatoms. The summed E-state index contributed by atoms with van der Waals surface area (Å²) in [6, 6.07) is 0. The number of anilines is 1. The summed E-state index contributed by atoms with van der Waals surface area (Å²) in [4.78, 5) is 38.5. The number of likely N-dealkylation sites (tertiary alicyclic amines) is 1. The Morgan fingerprint density at radius 3 is 2.80 bits per heavy atom. The highest BCUT2D eigenvalue weighted by Gasteiger charge is 2.29. The van der Waals surface area contributed by atoms with E-state index in [4.69, 9.17) is 15.2 Å². The Labute approximate surface area is 173 Å². The second-order valence-corrected chi connectivity index (χ2v) is 7.78. The van der Waals surface area contributed by atoms with Gasteiger partial charge in [-0.05, 0) is 25.2 Å². The molecule has 30 heavy (non-hydrogen) atoms. The van der Waals surface area contributed by atoms with Gasteiger partial charge in [0.15, 0.2) is 17.7 Å². The SMILES string of the molecule is COCn1cnc2c(N)nc(CCC3CCN(C(=O)OC4CCC(=O)N4)CC3)nc21. The molecular formula is C19H27N7O4. The molecule has 0 bridgehead atoms. The number of rotatable bonds is 6. The number of hydrogen-bond acceptors (Lipinski definition) is 8. The van der Waals surface area contributed by atoms with E-state index >= 15 is 0 Å². The minimum absolute atomic E-state index is 0.0715. The highest BCUT2D eigenvalue weighted by Crippen LogP contribution is 2.24. The Bertz CT molecular complexity index is 923. The fraction of sp³-hybridized carbons (Fsp3) is 0.632. The number of methoxy groups -OCH3 is 1. The molecule has 0 saturated carbocycles. The maximum absolute atomic E-state index is 12.3. The van der Waals surface area contributed by atoms with Gasteiger partial charge in [-0.1, -0.05) is 0 Å². The fourth-order valence-corrected chi connectivity index (χ4v) is 3.97. The summed E-state index contributed by atoms with van der Waals surface area (Å²) in [7, 11) is 1.61. The minimum Gasteiger partial charge on any atom is -0.425 e. The average Bonchev–Trinajstić information content (AvgIpc) is 3.33. The number of fused-ring (bicyclic) bond motifs is 1. The third-order valence-corrected chi connectivity index (χ3v) is 5.65. The second kappa shape index (κ2) is 8.82. The predicted molar refractivity (Wildman–Crippen MR) is 107 cm³/mol. The topological polar surface area (TPSA) is 137 Å². The van der Waals surface area contributed by atoms with E-state index < -0.39 is 6.23 Å². The highest BCUT2D eigenvalue weighted by atomic mass is 16.6. The summed E-state index contributed by atoms with van der Waals surface area (Å²) in [5.74, 6) is 1.47. The van der Waals surface area contributed by atoms with Crippen molar-refractivity contribution >= 4 is 29.0 Å². The molecule has 0 radical (unpaired) electrons. The number of nitrogens with zero attached hydrogens (tertiary/aromatic N) is 5. The molecule has 2 aliphatic heterocycles. The number of nitrogen functional groups attached to an aromatic ring is 1. The van der Waals surface area contributed by atoms with Crippen LogP contribution in [0.4, 0.5) is 10.6 Å². The smallest absolute Gasteiger partial charge is 0.411 e. The largest absolute Gasteiger partial charge is 0.425 e. The zero-order valence-electron chi connectivity index (χ0n) is 17.0. The Kier molecular flexibility index (Phi) is 5.98. The van der Waals surface area contributed by atoms with E-state index in [1.165, 1.54) is 0 Å². The number of nitrogens with one attached hydrogen (secondary N) is 1. The van der Waals surface area contributed by atoms with Crippen molar-refractivity contribution in [1.29, 1.82) is 0 Å². The number of piperidine rings is 1. The zero-order chi connectivity index (χ0) is 21.1. The van der Waals surface area contributed by atoms with Crippen molar-refractivity contribution < 1.29 is 19.1 Å². The molecule has 2 fully saturated rings. The first-order valence-corrected chi connectivity index (χ1v) is 10.2. The number of aryl methyl sites for hydroxylation is 1. The van der Waals surface area contributed by atoms with Crippen LogP contribution in [0.2, 0.25) is 0 Å². The molecule has 1 unspecified atom stereocenters. The molecule has 2 aromatic heterocycles. The molecule has 2 saturated heterocycles. The van der Waals surface area contributed by atoms with Crippen LogP contribution < -0.4 is 11.1 Å². The van der Waals surface area contributed by atoms with Gasteiger partial charge >= 0.3 is 6.09 Å². The molecule has 1 atom stereocenters. The Morgan fingerprint density at radius 1 is 1.30 bits per heavy atom. The number of nitrogens with two attached hydrogens (primary N) is 1. The lowest BCUT2D eigenvalue weighted by molar-refractivity contribution is -0.120. The van der Waals surface area contributed by atoms with Gasteiger partial charge in [0.1, 0.15) is 18.1 Å². The van der Waals surface area contributed by atoms with E-state index in [-0.39, 0.29) is 12.0 Å². The zero-order valence-corrected chi connectivity index (χ0v) is 17.0. The Balaban J connectivity index is 1.28. The number of hydrogen-bond donors (Lipinski definition) is 2. The average molecular weight is 417 g/mol. The summed E-state index contributed by atoms with van der Waals surface area (Å²) >= 11 is 0. The normalized spacial score (nSPS) is 20.0. The first-order valence-electron chi connectivity index (χ1n) is 10.2. The van der Waals surface area contributed by atoms with Gasteiger partial charge in [0, 0.05) is 39.5 Å². The van der Waals surface area contributed by atoms with Gasteiger partial charge in [0.05, 0.1) is 6.33 Å². The van der Waals surface area contributed by atoms with Crippen molar-refractivity contribution in [2.45, 2.75) is 51.5 Å². The molecule has 11 nitrogen and oxygen atoms in total. The van der Waals surface area contributed by atoms with Crippen LogP contribution in [0.1, 0.15) is 37.9 Å². The summed E-state index contributed by atoms with van der Waals surface area (Å²) in [6.45, 7) is 1.64. The molecule has 4 rings (SSSR count). The summed E-state index contributed by atoms with van der Waals surface area (Å²) < 4.78 is 12.3. The van der Waals surface area contributed by atoms with E-state index in [0.29, 0.717) is 67.8 Å². The quantitative estimate of drug-likeness (QED) is 0.711. The van der Waals surface area contributed by atoms with Crippen LogP contribution >= 0.6 is 0 Å². The van der Waals surface area contributed by atoms with Gasteiger partial charge < -0.3 is 25.4 Å². The molecular weight excluding hydrogens is 390 g/mol. The number of ether oxygens (including phenoxy) is 2. The van der Waals surface area contributed by atoms with E-state index in [1.807, 2.05) is 0 Å². The van der Waals surface area contributed by atoms with Crippen LogP contribution in [0.5, 0.6) is 0 Å². The van der Waals surface area contributed by atoms with Gasteiger partial charge in [0.25, 0.3) is 0 Å². The van der Waals surface area contributed by atoms with E-state index in [1.54, 1.807) is 22.9 Å². The van der Waals surface area contributed by atoms with Crippen molar-refractivity contribution in [1.82, 2.24) is 29.7 Å². The van der Waals surface area contributed by atoms with Gasteiger partial charge in [-0.2, -0.15) is 0 Å². The predicted octanol–water partition coefficient (Wildman–Crippen LogP) is 1.03. The molecule has 3 N–H and O–H groups in total. The van der Waals surface area contributed by atoms with Crippen molar-refractivity contribution in [2.75, 3.05) is 25.9 Å². The lowest BCUT2D eigenvalue weighted by Crippen LogP contribution is -2.42. The van der Waals surface area contributed by atoms with Crippen LogP contribution in [0.25, 0.3) is 11.2 Å². The lowest BCUT2D eigenvalue weighted by Gasteiger charge is -2.32. The van der Waals surface area contributed by atoms with Crippen molar-refractivity contribution in [3.63, 3.8) is 0 Å². The number of carbonyl (C=O) groups is 2. The van der Waals surface area contributed by atoms with E-state index in [2.05, 4.69) is 20.3 Å². The van der Waals surface area contributed by atoms with Crippen LogP contribution in [0.3, 0.4) is 0 Å². The molecule has 0 aliphatic carbocycles. The number of amides is 2. The summed E-state index contributed by atoms with van der Waals surface area (Å²) in [5.41, 5.74) is 7.31. The summed E-state index contributed by atoms with van der Waals surface area (Å²) in [6.07, 6.45) is 5.17. The summed E-state index contributed by atoms with van der Waals surface area (Å²) in [5, 5.41) is 2.65. The van der Waals surface area contributed by atoms with Crippen molar-refractivity contribution in [3.05, 3.63) is 12.2 Å². The molecule has 0 aromatic carbocycles. The minimum atomic E-state index is -0.494. The third-order valence-electron chi connectivity index (χ3n) is 5.65. The van der Waals surface area contributed by atoms with E-state index in [9.17, 15) is 9.59 Å². The standard InChI is InChI=1S/C19H27N7O4/c1-29-11-26-10-21-16-17(20)22-13(23-18(16)26)3-2-12-6-8-25(9-7-12)19(28)30-15-5-4-14(27)24-15/h10,12,15H,2-9,11H2,1H3,(H,24,27)(H2,20,22,23). The van der Waals surface area contributed by atoms with Crippen molar-refractivity contribution in [2.24, 2.45) is 5.92 Å². The maximum atomic E-state index is 12.3. The Morgan fingerprint density at radius 2 is 2.10 bits per heavy atom. The molecule has 162 valence electrons. The van der Waals surface area contributed by atoms with E-state index in [0.717, 1.165) is 19.3 Å². The fourth-order valence-electron chi connectivity index (χ4n) is 3.97. The molecule has 0 spiro atoms. The molecule has 2 aliphatic rings. The molecule has 4 heterocycles. The number of imidazole rings is 1. The van der Waals surface area contributed by atoms with Crippen molar-refractivity contribution in [3.8, 4) is 0 Å². The van der Waals surface area contributed by atoms with Crippen LogP contribution in [-0.4, -0.2) is 62.8 Å². The van der Waals surface area contributed by atoms with Gasteiger partial charge in [-0.25, -0.2) is 19.7 Å². The lowest BCUT2D eigenvalue weighted by atomic mass is 9.92. The number of aromatic nitrogens is 4. The second-order valence-electron chi connectivity index (χ2n) is 7.78. The van der Waals surface area contributed by atoms with Crippen LogP contribution in [0.15, 0.2) is 6.33 Å². The number of carbonyl (C=O) groups excluding carboxylic acids is 2. The maximum Gasteiger partial charge on any atom is 0.411 e. The molecule has 2 amide bonds. The third kappa shape index (κ3) is 4.45. The first-order chi connectivity index (χ1) is 14.5. The Hall–Kier alpha value is -2.95. The van der Waals surface area contributed by atoms with Gasteiger partial charge in [-0.15, -0.1) is 0 Å². The van der Waals surface area contributed by atoms with Crippen LogP contribution in [-0.2, 0) is 27.4 Å². The van der Waals surface area contributed by atoms with Crippen LogP contribution in [0, 0.1) is 5.92 Å². The first kappa shape index (κ1) is 20.3. The monoisotopic (exact) mass is 417 g/mol.